The van der Waals surface area contributed by atoms with Gasteiger partial charge in [-0.05, 0) is 83.2 Å². The fourth-order valence-electron chi connectivity index (χ4n) is 7.11. The van der Waals surface area contributed by atoms with Gasteiger partial charge in [0.25, 0.3) is 0 Å². The number of pyridine rings is 1. The van der Waals surface area contributed by atoms with Gasteiger partial charge < -0.3 is 4.57 Å². The van der Waals surface area contributed by atoms with E-state index in [4.69, 9.17) is 0 Å². The number of allylic oxidation sites excluding steroid dienone is 1. The molecule has 0 spiro atoms. The molecule has 0 unspecified atom stereocenters. The van der Waals surface area contributed by atoms with Crippen molar-refractivity contribution < 1.29 is 4.79 Å². The van der Waals surface area contributed by atoms with E-state index in [0.29, 0.717) is 0 Å². The summed E-state index contributed by atoms with van der Waals surface area (Å²) >= 11 is 0. The van der Waals surface area contributed by atoms with E-state index in [0.717, 1.165) is 30.5 Å². The molecule has 0 saturated carbocycles. The highest BCUT2D eigenvalue weighted by atomic mass is 16.1. The Labute approximate surface area is 223 Å². The van der Waals surface area contributed by atoms with Crippen LogP contribution >= 0.6 is 0 Å². The molecule has 5 rings (SSSR count). The van der Waals surface area contributed by atoms with E-state index in [9.17, 15) is 4.79 Å². The van der Waals surface area contributed by atoms with Gasteiger partial charge in [-0.2, -0.15) is 0 Å². The summed E-state index contributed by atoms with van der Waals surface area (Å²) in [5.74, 6) is 0.183. The lowest BCUT2D eigenvalue weighted by atomic mass is 9.62. The molecule has 2 nitrogen and oxygen atoms in total. The zero-order chi connectivity index (χ0) is 26.0. The molecule has 0 aromatic heterocycles. The van der Waals surface area contributed by atoms with Crippen molar-refractivity contribution in [1.29, 1.82) is 0 Å². The molecular weight excluding hydrogens is 450 g/mol. The highest BCUT2D eigenvalue weighted by Crippen LogP contribution is 2.57. The number of rotatable bonds is 12. The standard InChI is InChI=1S/C35H43NO/c1-5-8-10-14-19-35(20-15-11-9-6-2)33-27(22-26-16-12-13-17-28(26)33)23-30-32(25(4)37)29-18-21-36(7-3)24-31(29)34(30)35/h12-13,16-18,21-24H,5-11,14-15,19-20H2,1-4H3. The molecule has 1 heterocycles. The molecular formula is C35H43NO. The van der Waals surface area contributed by atoms with Gasteiger partial charge in [-0.25, -0.2) is 0 Å². The predicted molar refractivity (Wildman–Crippen MR) is 157 cm³/mol. The van der Waals surface area contributed by atoms with Gasteiger partial charge in [-0.1, -0.05) is 89.5 Å². The van der Waals surface area contributed by atoms with Crippen LogP contribution in [-0.4, -0.2) is 10.4 Å². The number of benzene rings is 1. The first-order chi connectivity index (χ1) is 18.1. The monoisotopic (exact) mass is 493 g/mol. The van der Waals surface area contributed by atoms with E-state index < -0.39 is 0 Å². The van der Waals surface area contributed by atoms with E-state index in [1.165, 1.54) is 89.6 Å². The molecule has 1 aliphatic heterocycles. The zero-order valence-corrected chi connectivity index (χ0v) is 23.3. The number of carbonyl (C=O) groups excluding carboxylic acids is 1. The molecule has 0 radical (unpaired) electrons. The number of hydrogen-bond acceptors (Lipinski definition) is 1. The zero-order valence-electron chi connectivity index (χ0n) is 23.3. The predicted octanol–water partition coefficient (Wildman–Crippen LogP) is 8.04. The number of aryl methyl sites for hydroxylation is 1. The third-order valence-corrected chi connectivity index (χ3v) is 8.81. The smallest absolute Gasteiger partial charge is 0.161 e. The Morgan fingerprint density at radius 2 is 1.54 bits per heavy atom. The second-order valence-corrected chi connectivity index (χ2v) is 11.2. The van der Waals surface area contributed by atoms with Gasteiger partial charge >= 0.3 is 0 Å². The van der Waals surface area contributed by atoms with Crippen LogP contribution in [0.15, 0.2) is 48.3 Å². The normalized spacial score (nSPS) is 15.2. The van der Waals surface area contributed by atoms with Crippen LogP contribution in [0.3, 0.4) is 0 Å². The number of aromatic nitrogens is 1. The fraction of sp³-hybridized carbons (Fsp3) is 0.457. The molecule has 0 N–H and O–H groups in total. The molecule has 0 fully saturated rings. The van der Waals surface area contributed by atoms with E-state index in [-0.39, 0.29) is 11.2 Å². The van der Waals surface area contributed by atoms with Crippen LogP contribution in [0.5, 0.6) is 0 Å². The molecule has 0 amide bonds. The van der Waals surface area contributed by atoms with E-state index >= 15 is 0 Å². The van der Waals surface area contributed by atoms with Gasteiger partial charge in [0.05, 0.1) is 0 Å². The minimum atomic E-state index is -0.0666. The van der Waals surface area contributed by atoms with Crippen LogP contribution in [0, 0.1) is 0 Å². The molecule has 1 aromatic rings. The lowest BCUT2D eigenvalue weighted by molar-refractivity contribution is 0.101. The van der Waals surface area contributed by atoms with Gasteiger partial charge in [-0.15, -0.1) is 0 Å². The fourth-order valence-corrected chi connectivity index (χ4v) is 7.11. The number of carbonyl (C=O) groups is 1. The van der Waals surface area contributed by atoms with Crippen molar-refractivity contribution in [2.24, 2.45) is 0 Å². The Hall–Kier alpha value is -2.87. The second kappa shape index (κ2) is 10.9. The molecule has 1 aromatic carbocycles. The maximum absolute atomic E-state index is 13.2. The van der Waals surface area contributed by atoms with Crippen LogP contribution in [0.1, 0.15) is 113 Å². The van der Waals surface area contributed by atoms with Gasteiger partial charge in [0, 0.05) is 35.5 Å². The summed E-state index contributed by atoms with van der Waals surface area (Å²) in [6.07, 6.45) is 21.6. The number of Topliss-reactive ketones (excluding diaryl/α,β-unsaturated/α-hetero) is 1. The maximum atomic E-state index is 13.2. The average Bonchev–Trinajstić information content (AvgIpc) is 3.44. The van der Waals surface area contributed by atoms with Gasteiger partial charge in [0.1, 0.15) is 0 Å². The largest absolute Gasteiger partial charge is 0.354 e. The summed E-state index contributed by atoms with van der Waals surface area (Å²) in [7, 11) is 0. The molecule has 3 aliphatic carbocycles. The number of hydrogen-bond donors (Lipinski definition) is 0. The minimum absolute atomic E-state index is 0.0666. The van der Waals surface area contributed by atoms with Gasteiger partial charge in [0.15, 0.2) is 5.78 Å². The van der Waals surface area contributed by atoms with Crippen molar-refractivity contribution in [1.82, 2.24) is 4.57 Å². The first-order valence-corrected chi connectivity index (χ1v) is 14.8. The van der Waals surface area contributed by atoms with E-state index in [2.05, 4.69) is 80.2 Å². The Morgan fingerprint density at radius 1 is 0.838 bits per heavy atom. The van der Waals surface area contributed by atoms with Crippen molar-refractivity contribution in [2.75, 3.05) is 0 Å². The first-order valence-electron chi connectivity index (χ1n) is 14.8. The number of nitrogens with zero attached hydrogens (tertiary/aromatic N) is 1. The summed E-state index contributed by atoms with van der Waals surface area (Å²) in [5, 5.41) is 2.74. The quantitative estimate of drug-likeness (QED) is 0.185. The van der Waals surface area contributed by atoms with Gasteiger partial charge in [-0.3, -0.25) is 4.79 Å². The Kier molecular flexibility index (Phi) is 7.56. The molecule has 2 heteroatoms. The number of ketones is 1. The lowest BCUT2D eigenvalue weighted by Crippen LogP contribution is -2.36. The molecule has 0 atom stereocenters. The SMILES string of the molecule is CCCCCCC1(CCCCCC)C2=c3ccccc3=CC2=Cc2c(C(C)=O)c3ccn(CC)cc-3c21. The van der Waals surface area contributed by atoms with E-state index in [1.54, 1.807) is 6.92 Å². The summed E-state index contributed by atoms with van der Waals surface area (Å²) < 4.78 is 2.28. The third kappa shape index (κ3) is 4.43. The molecule has 194 valence electrons. The van der Waals surface area contributed by atoms with Crippen LogP contribution in [0.4, 0.5) is 0 Å². The second-order valence-electron chi connectivity index (χ2n) is 11.2. The topological polar surface area (TPSA) is 22.0 Å². The third-order valence-electron chi connectivity index (χ3n) is 8.81. The summed E-state index contributed by atoms with van der Waals surface area (Å²) in [6, 6.07) is 11.2. The van der Waals surface area contributed by atoms with Crippen molar-refractivity contribution >= 4 is 23.5 Å². The summed E-state index contributed by atoms with van der Waals surface area (Å²) in [4.78, 5) is 13.2. The van der Waals surface area contributed by atoms with Crippen molar-refractivity contribution in [3.8, 4) is 11.1 Å². The summed E-state index contributed by atoms with van der Waals surface area (Å²) in [6.45, 7) is 9.48. The Balaban J connectivity index is 1.83. The van der Waals surface area contributed by atoms with Crippen molar-refractivity contribution in [2.45, 2.75) is 104 Å². The van der Waals surface area contributed by atoms with E-state index in [1.807, 2.05) is 0 Å². The van der Waals surface area contributed by atoms with Crippen LogP contribution in [0.2, 0.25) is 0 Å². The van der Waals surface area contributed by atoms with Crippen LogP contribution in [-0.2, 0) is 12.0 Å². The van der Waals surface area contributed by atoms with Crippen LogP contribution < -0.4 is 10.4 Å². The maximum Gasteiger partial charge on any atom is 0.161 e. The summed E-state index contributed by atoms with van der Waals surface area (Å²) in [5.41, 5.74) is 8.79. The van der Waals surface area contributed by atoms with Crippen molar-refractivity contribution in [3.05, 3.63) is 75.4 Å². The Morgan fingerprint density at radius 3 is 2.19 bits per heavy atom. The molecule has 0 bridgehead atoms. The molecule has 37 heavy (non-hydrogen) atoms. The minimum Gasteiger partial charge on any atom is -0.354 e. The number of unbranched alkanes of at least 4 members (excludes halogenated alkanes) is 6. The number of fused-ring (bicyclic) bond motifs is 5. The molecule has 4 aliphatic rings. The first kappa shape index (κ1) is 25.8. The van der Waals surface area contributed by atoms with Crippen LogP contribution in [0.25, 0.3) is 28.9 Å². The van der Waals surface area contributed by atoms with Crippen molar-refractivity contribution in [3.63, 3.8) is 0 Å². The lowest BCUT2D eigenvalue weighted by Gasteiger charge is -2.41. The van der Waals surface area contributed by atoms with Gasteiger partial charge in [0.2, 0.25) is 0 Å². The highest BCUT2D eigenvalue weighted by Gasteiger charge is 2.46. The molecule has 0 saturated heterocycles. The Bertz CT molecular complexity index is 1400. The highest BCUT2D eigenvalue weighted by molar-refractivity contribution is 6.12. The average molecular weight is 494 g/mol.